The number of ether oxygens (including phenoxy) is 1. The van der Waals surface area contributed by atoms with E-state index in [1.165, 1.54) is 12.1 Å². The van der Waals surface area contributed by atoms with Crippen molar-refractivity contribution in [3.63, 3.8) is 0 Å². The molecule has 2 rings (SSSR count). The molecule has 102 valence electrons. The molecule has 0 saturated heterocycles. The number of halogens is 1. The Morgan fingerprint density at radius 3 is 2.75 bits per heavy atom. The smallest absolute Gasteiger partial charge is 0.141 e. The van der Waals surface area contributed by atoms with E-state index in [4.69, 9.17) is 10.00 Å². The van der Waals surface area contributed by atoms with Gasteiger partial charge in [-0.1, -0.05) is 6.07 Å². The SMILES string of the molecule is COc1ccc(C)cc1NCc1cc(C#N)ccc1F. The van der Waals surface area contributed by atoms with Crippen molar-refractivity contribution in [2.24, 2.45) is 0 Å². The quantitative estimate of drug-likeness (QED) is 0.922. The van der Waals surface area contributed by atoms with Crippen LogP contribution in [0.5, 0.6) is 5.75 Å². The Morgan fingerprint density at radius 2 is 2.05 bits per heavy atom. The maximum atomic E-state index is 13.7. The second kappa shape index (κ2) is 6.07. The molecule has 0 radical (unpaired) electrons. The minimum Gasteiger partial charge on any atom is -0.495 e. The van der Waals surface area contributed by atoms with Crippen LogP contribution in [0.3, 0.4) is 0 Å². The highest BCUT2D eigenvalue weighted by atomic mass is 19.1. The standard InChI is InChI=1S/C16H15FN2O/c1-11-3-6-16(20-2)15(7-11)19-10-13-8-12(9-18)4-5-14(13)17/h3-8,19H,10H2,1-2H3. The normalized spacial score (nSPS) is 9.90. The Kier molecular flexibility index (Phi) is 4.21. The summed E-state index contributed by atoms with van der Waals surface area (Å²) < 4.78 is 18.9. The number of anilines is 1. The number of aryl methyl sites for hydroxylation is 1. The van der Waals surface area contributed by atoms with Crippen molar-refractivity contribution in [3.8, 4) is 11.8 Å². The lowest BCUT2D eigenvalue weighted by Crippen LogP contribution is -2.04. The fourth-order valence-electron chi connectivity index (χ4n) is 1.93. The van der Waals surface area contributed by atoms with Gasteiger partial charge >= 0.3 is 0 Å². The molecule has 3 nitrogen and oxygen atoms in total. The molecule has 0 bridgehead atoms. The molecule has 0 unspecified atom stereocenters. The van der Waals surface area contributed by atoms with Crippen molar-refractivity contribution in [2.75, 3.05) is 12.4 Å². The molecule has 0 spiro atoms. The van der Waals surface area contributed by atoms with Crippen LogP contribution in [0.25, 0.3) is 0 Å². The van der Waals surface area contributed by atoms with E-state index in [0.29, 0.717) is 23.4 Å². The van der Waals surface area contributed by atoms with Gasteiger partial charge in [0, 0.05) is 12.1 Å². The van der Waals surface area contributed by atoms with Gasteiger partial charge < -0.3 is 10.1 Å². The van der Waals surface area contributed by atoms with Gasteiger partial charge in [0.05, 0.1) is 24.4 Å². The number of methoxy groups -OCH3 is 1. The zero-order valence-electron chi connectivity index (χ0n) is 11.4. The summed E-state index contributed by atoms with van der Waals surface area (Å²) in [5.74, 6) is 0.371. The van der Waals surface area contributed by atoms with Crippen molar-refractivity contribution in [1.82, 2.24) is 0 Å². The number of nitriles is 1. The Hall–Kier alpha value is -2.54. The number of hydrogen-bond donors (Lipinski definition) is 1. The fourth-order valence-corrected chi connectivity index (χ4v) is 1.93. The highest BCUT2D eigenvalue weighted by Gasteiger charge is 2.06. The molecule has 0 aliphatic rings. The van der Waals surface area contributed by atoms with Crippen LogP contribution in [0.15, 0.2) is 36.4 Å². The third-order valence-corrected chi connectivity index (χ3v) is 3.00. The minimum atomic E-state index is -0.330. The Labute approximate surface area is 117 Å². The summed E-state index contributed by atoms with van der Waals surface area (Å²) in [5, 5.41) is 12.0. The molecular formula is C16H15FN2O. The molecule has 2 aromatic carbocycles. The topological polar surface area (TPSA) is 45.0 Å². The summed E-state index contributed by atoms with van der Waals surface area (Å²) in [6.07, 6.45) is 0. The first-order valence-corrected chi connectivity index (χ1v) is 6.21. The summed E-state index contributed by atoms with van der Waals surface area (Å²) in [4.78, 5) is 0. The second-order valence-corrected chi connectivity index (χ2v) is 4.48. The van der Waals surface area contributed by atoms with Gasteiger partial charge in [-0.15, -0.1) is 0 Å². The summed E-state index contributed by atoms with van der Waals surface area (Å²) in [6, 6.07) is 12.1. The van der Waals surface area contributed by atoms with Crippen LogP contribution in [-0.2, 0) is 6.54 Å². The molecule has 0 saturated carbocycles. The molecule has 0 amide bonds. The van der Waals surface area contributed by atoms with Crippen molar-refractivity contribution in [2.45, 2.75) is 13.5 Å². The molecule has 0 aromatic heterocycles. The zero-order chi connectivity index (χ0) is 14.5. The van der Waals surface area contributed by atoms with E-state index in [0.717, 1.165) is 11.3 Å². The van der Waals surface area contributed by atoms with Gasteiger partial charge in [0.25, 0.3) is 0 Å². The highest BCUT2D eigenvalue weighted by Crippen LogP contribution is 2.26. The third kappa shape index (κ3) is 3.07. The third-order valence-electron chi connectivity index (χ3n) is 3.00. The maximum Gasteiger partial charge on any atom is 0.141 e. The van der Waals surface area contributed by atoms with E-state index in [-0.39, 0.29) is 5.82 Å². The minimum absolute atomic E-state index is 0.293. The largest absolute Gasteiger partial charge is 0.495 e. The van der Waals surface area contributed by atoms with Crippen molar-refractivity contribution >= 4 is 5.69 Å². The summed E-state index contributed by atoms with van der Waals surface area (Å²) in [5.41, 5.74) is 2.78. The lowest BCUT2D eigenvalue weighted by molar-refractivity contribution is 0.416. The molecule has 0 aliphatic carbocycles. The van der Waals surface area contributed by atoms with Gasteiger partial charge in [-0.2, -0.15) is 5.26 Å². The number of nitrogens with one attached hydrogen (secondary N) is 1. The molecular weight excluding hydrogens is 255 g/mol. The second-order valence-electron chi connectivity index (χ2n) is 4.48. The number of rotatable bonds is 4. The van der Waals surface area contributed by atoms with Crippen LogP contribution in [0.4, 0.5) is 10.1 Å². The number of nitrogens with zero attached hydrogens (tertiary/aromatic N) is 1. The van der Waals surface area contributed by atoms with Gasteiger partial charge in [-0.05, 0) is 42.8 Å². The lowest BCUT2D eigenvalue weighted by Gasteiger charge is -2.12. The maximum absolute atomic E-state index is 13.7. The fraction of sp³-hybridized carbons (Fsp3) is 0.188. The van der Waals surface area contributed by atoms with Gasteiger partial charge in [0.2, 0.25) is 0 Å². The summed E-state index contributed by atoms with van der Waals surface area (Å²) in [6.45, 7) is 2.27. The highest BCUT2D eigenvalue weighted by molar-refractivity contribution is 5.58. The van der Waals surface area contributed by atoms with Crippen LogP contribution in [0.2, 0.25) is 0 Å². The molecule has 4 heteroatoms. The van der Waals surface area contributed by atoms with Crippen molar-refractivity contribution < 1.29 is 9.13 Å². The van der Waals surface area contributed by atoms with Crippen LogP contribution in [0, 0.1) is 24.1 Å². The summed E-state index contributed by atoms with van der Waals surface area (Å²) in [7, 11) is 1.59. The summed E-state index contributed by atoms with van der Waals surface area (Å²) >= 11 is 0. The van der Waals surface area contributed by atoms with Crippen LogP contribution in [0.1, 0.15) is 16.7 Å². The molecule has 2 aromatic rings. The van der Waals surface area contributed by atoms with Crippen LogP contribution < -0.4 is 10.1 Å². The Bertz CT molecular complexity index is 660. The Morgan fingerprint density at radius 1 is 1.25 bits per heavy atom. The van der Waals surface area contributed by atoms with E-state index in [9.17, 15) is 4.39 Å². The average molecular weight is 270 g/mol. The first kappa shape index (κ1) is 13.9. The zero-order valence-corrected chi connectivity index (χ0v) is 11.4. The van der Waals surface area contributed by atoms with E-state index in [1.807, 2.05) is 31.2 Å². The molecule has 0 aliphatic heterocycles. The lowest BCUT2D eigenvalue weighted by atomic mass is 10.1. The molecule has 0 heterocycles. The van der Waals surface area contributed by atoms with Crippen LogP contribution >= 0.6 is 0 Å². The predicted molar refractivity (Wildman–Crippen MR) is 76.2 cm³/mol. The molecule has 0 fully saturated rings. The average Bonchev–Trinajstić information content (AvgIpc) is 2.46. The first-order chi connectivity index (χ1) is 9.63. The first-order valence-electron chi connectivity index (χ1n) is 6.21. The number of benzene rings is 2. The van der Waals surface area contributed by atoms with Crippen LogP contribution in [-0.4, -0.2) is 7.11 Å². The van der Waals surface area contributed by atoms with E-state index < -0.39 is 0 Å². The van der Waals surface area contributed by atoms with Gasteiger partial charge in [-0.25, -0.2) is 4.39 Å². The molecule has 1 N–H and O–H groups in total. The molecule has 20 heavy (non-hydrogen) atoms. The van der Waals surface area contributed by atoms with Crippen molar-refractivity contribution in [1.29, 1.82) is 5.26 Å². The van der Waals surface area contributed by atoms with Crippen molar-refractivity contribution in [3.05, 3.63) is 58.9 Å². The Balaban J connectivity index is 2.21. The van der Waals surface area contributed by atoms with Gasteiger partial charge in [-0.3, -0.25) is 0 Å². The number of hydrogen-bond acceptors (Lipinski definition) is 3. The van der Waals surface area contributed by atoms with E-state index in [2.05, 4.69) is 5.32 Å². The predicted octanol–water partition coefficient (Wildman–Crippen LogP) is 3.63. The van der Waals surface area contributed by atoms with Gasteiger partial charge in [0.1, 0.15) is 11.6 Å². The van der Waals surface area contributed by atoms with E-state index in [1.54, 1.807) is 13.2 Å². The monoisotopic (exact) mass is 270 g/mol. The van der Waals surface area contributed by atoms with E-state index >= 15 is 0 Å². The molecule has 0 atom stereocenters. The van der Waals surface area contributed by atoms with Gasteiger partial charge in [0.15, 0.2) is 0 Å².